The summed E-state index contributed by atoms with van der Waals surface area (Å²) >= 11 is 6.23. The average Bonchev–Trinajstić information content (AvgIpc) is 2.65. The minimum atomic E-state index is -4.23. The molecule has 0 unspecified atom stereocenters. The summed E-state index contributed by atoms with van der Waals surface area (Å²) in [5, 5.41) is 0. The molecule has 0 aliphatic carbocycles. The van der Waals surface area contributed by atoms with Crippen molar-refractivity contribution in [3.8, 4) is 0 Å². The Kier molecular flexibility index (Phi) is 3.94. The van der Waals surface area contributed by atoms with Gasteiger partial charge in [-0.3, -0.25) is 4.72 Å². The van der Waals surface area contributed by atoms with Gasteiger partial charge in [0.05, 0.1) is 11.4 Å². The summed E-state index contributed by atoms with van der Waals surface area (Å²) in [5.41, 5.74) is -0.726. The minimum absolute atomic E-state index is 0.0197. The van der Waals surface area contributed by atoms with E-state index in [2.05, 4.69) is 4.98 Å². The largest absolute Gasteiger partial charge is 0.276 e. The summed E-state index contributed by atoms with van der Waals surface area (Å²) in [6.45, 7) is 1.39. The first kappa shape index (κ1) is 15.1. The minimum Gasteiger partial charge on any atom is -0.276 e. The van der Waals surface area contributed by atoms with E-state index in [1.54, 1.807) is 4.72 Å². The summed E-state index contributed by atoms with van der Waals surface area (Å²) in [6, 6.07) is 0.843. The van der Waals surface area contributed by atoms with Crippen molar-refractivity contribution < 1.29 is 21.6 Å². The highest BCUT2D eigenvalue weighted by atomic mass is 35.5. The molecule has 2 rings (SSSR count). The fraction of sp³-hybridized carbons (Fsp3) is 0.100. The Bertz CT molecular complexity index is 777. The van der Waals surface area contributed by atoms with Crippen molar-refractivity contribution in [2.24, 2.45) is 0 Å². The van der Waals surface area contributed by atoms with Crippen LogP contribution in [0.5, 0.6) is 0 Å². The van der Waals surface area contributed by atoms with Crippen LogP contribution in [-0.4, -0.2) is 13.4 Å². The Morgan fingerprint density at radius 2 is 1.95 bits per heavy atom. The van der Waals surface area contributed by atoms with Crippen molar-refractivity contribution >= 4 is 38.6 Å². The van der Waals surface area contributed by atoms with Crippen LogP contribution in [0.2, 0.25) is 4.47 Å². The molecule has 108 valence electrons. The highest BCUT2D eigenvalue weighted by molar-refractivity contribution is 7.94. The van der Waals surface area contributed by atoms with E-state index in [1.165, 1.54) is 6.92 Å². The van der Waals surface area contributed by atoms with Crippen LogP contribution >= 0.6 is 22.9 Å². The van der Waals surface area contributed by atoms with Gasteiger partial charge >= 0.3 is 0 Å². The van der Waals surface area contributed by atoms with Gasteiger partial charge in [0.2, 0.25) is 0 Å². The van der Waals surface area contributed by atoms with Crippen LogP contribution in [0.4, 0.5) is 18.9 Å². The number of rotatable bonds is 3. The van der Waals surface area contributed by atoms with Crippen molar-refractivity contribution in [1.82, 2.24) is 4.98 Å². The lowest BCUT2D eigenvalue weighted by atomic mass is 10.3. The van der Waals surface area contributed by atoms with Crippen molar-refractivity contribution in [3.05, 3.63) is 39.7 Å². The first-order chi connectivity index (χ1) is 9.20. The number of sulfonamides is 1. The third kappa shape index (κ3) is 2.89. The maximum Gasteiger partial charge on any atom is 0.273 e. The third-order valence-electron chi connectivity index (χ3n) is 2.21. The Balaban J connectivity index is 2.46. The Hall–Kier alpha value is -1.32. The van der Waals surface area contributed by atoms with E-state index in [4.69, 9.17) is 11.6 Å². The molecular weight excluding hydrogens is 337 g/mol. The molecule has 0 fully saturated rings. The smallest absolute Gasteiger partial charge is 0.273 e. The molecule has 2 aromatic rings. The second-order valence-corrected chi connectivity index (χ2v) is 7.15. The quantitative estimate of drug-likeness (QED) is 0.870. The van der Waals surface area contributed by atoms with Gasteiger partial charge in [0, 0.05) is 12.1 Å². The normalized spacial score (nSPS) is 11.7. The van der Waals surface area contributed by atoms with Crippen molar-refractivity contribution in [2.45, 2.75) is 11.1 Å². The van der Waals surface area contributed by atoms with Gasteiger partial charge in [0.1, 0.15) is 5.82 Å². The summed E-state index contributed by atoms with van der Waals surface area (Å²) in [7, 11) is -4.23. The van der Waals surface area contributed by atoms with Gasteiger partial charge in [-0.1, -0.05) is 22.9 Å². The Labute approximate surface area is 121 Å². The van der Waals surface area contributed by atoms with Gasteiger partial charge in [-0.15, -0.1) is 0 Å². The standard InChI is InChI=1S/C10H6ClF3N2O2S2/c1-4-9(19-10(11)15-4)20(17,18)16-7-3-5(12)2-6(13)8(7)14/h2-3,16H,1H3. The topological polar surface area (TPSA) is 59.1 Å². The van der Waals surface area contributed by atoms with Gasteiger partial charge in [-0.25, -0.2) is 26.6 Å². The van der Waals surface area contributed by atoms with Crippen LogP contribution in [0.1, 0.15) is 5.69 Å². The first-order valence-corrected chi connectivity index (χ1v) is 7.69. The fourth-order valence-corrected chi connectivity index (χ4v) is 4.21. The zero-order chi connectivity index (χ0) is 15.1. The number of halogens is 4. The maximum absolute atomic E-state index is 13.4. The molecule has 0 saturated heterocycles. The Morgan fingerprint density at radius 3 is 2.50 bits per heavy atom. The summed E-state index contributed by atoms with van der Waals surface area (Å²) in [5.74, 6) is -4.11. The van der Waals surface area contributed by atoms with Gasteiger partial charge in [0.15, 0.2) is 20.3 Å². The molecule has 20 heavy (non-hydrogen) atoms. The molecule has 1 N–H and O–H groups in total. The molecular formula is C10H6ClF3N2O2S2. The predicted molar refractivity (Wildman–Crippen MR) is 69.0 cm³/mol. The molecule has 4 nitrogen and oxygen atoms in total. The number of hydrogen-bond acceptors (Lipinski definition) is 4. The van der Waals surface area contributed by atoms with Gasteiger partial charge in [0.25, 0.3) is 10.0 Å². The predicted octanol–water partition coefficient (Wildman–Crippen LogP) is 3.32. The monoisotopic (exact) mass is 342 g/mol. The van der Waals surface area contributed by atoms with E-state index >= 15 is 0 Å². The highest BCUT2D eigenvalue weighted by Gasteiger charge is 2.24. The van der Waals surface area contributed by atoms with Crippen molar-refractivity contribution in [3.63, 3.8) is 0 Å². The molecule has 0 spiro atoms. The molecule has 0 atom stereocenters. The molecule has 1 heterocycles. The van der Waals surface area contributed by atoms with E-state index in [0.717, 1.165) is 0 Å². The number of anilines is 1. The van der Waals surface area contributed by atoms with Gasteiger partial charge in [-0.05, 0) is 6.92 Å². The highest BCUT2D eigenvalue weighted by Crippen LogP contribution is 2.29. The summed E-state index contributed by atoms with van der Waals surface area (Å²) in [6.07, 6.45) is 0. The maximum atomic E-state index is 13.4. The molecule has 0 aliphatic rings. The number of aryl methyl sites for hydroxylation is 1. The average molecular weight is 343 g/mol. The number of aromatic nitrogens is 1. The van der Waals surface area contributed by atoms with Crippen LogP contribution in [0.25, 0.3) is 0 Å². The number of nitrogens with one attached hydrogen (secondary N) is 1. The lowest BCUT2D eigenvalue weighted by Crippen LogP contribution is -2.14. The van der Waals surface area contributed by atoms with Crippen molar-refractivity contribution in [2.75, 3.05) is 4.72 Å². The van der Waals surface area contributed by atoms with E-state index in [0.29, 0.717) is 23.5 Å². The number of thiazole rings is 1. The number of hydrogen-bond donors (Lipinski definition) is 1. The van der Waals surface area contributed by atoms with E-state index < -0.39 is 33.2 Å². The lowest BCUT2D eigenvalue weighted by molar-refractivity contribution is 0.498. The summed E-state index contributed by atoms with van der Waals surface area (Å²) in [4.78, 5) is 3.70. The van der Waals surface area contributed by atoms with Gasteiger partial charge in [-0.2, -0.15) is 0 Å². The van der Waals surface area contributed by atoms with E-state index in [9.17, 15) is 21.6 Å². The molecule has 0 bridgehead atoms. The molecule has 0 aliphatic heterocycles. The summed E-state index contributed by atoms with van der Waals surface area (Å²) < 4.78 is 64.9. The van der Waals surface area contributed by atoms with Crippen LogP contribution < -0.4 is 4.72 Å². The van der Waals surface area contributed by atoms with E-state index in [-0.39, 0.29) is 14.4 Å². The molecule has 0 radical (unpaired) electrons. The zero-order valence-corrected chi connectivity index (χ0v) is 12.1. The third-order valence-corrected chi connectivity index (χ3v) is 5.45. The van der Waals surface area contributed by atoms with Gasteiger partial charge < -0.3 is 0 Å². The fourth-order valence-electron chi connectivity index (χ4n) is 1.42. The van der Waals surface area contributed by atoms with Crippen LogP contribution in [0, 0.1) is 24.4 Å². The van der Waals surface area contributed by atoms with E-state index in [1.807, 2.05) is 0 Å². The first-order valence-electron chi connectivity index (χ1n) is 5.01. The van der Waals surface area contributed by atoms with Crippen molar-refractivity contribution in [1.29, 1.82) is 0 Å². The van der Waals surface area contributed by atoms with Crippen LogP contribution in [0.3, 0.4) is 0 Å². The molecule has 0 saturated carbocycles. The van der Waals surface area contributed by atoms with Crippen LogP contribution in [-0.2, 0) is 10.0 Å². The lowest BCUT2D eigenvalue weighted by Gasteiger charge is -2.08. The number of nitrogens with zero attached hydrogens (tertiary/aromatic N) is 1. The molecule has 10 heteroatoms. The molecule has 0 amide bonds. The SMILES string of the molecule is Cc1nc(Cl)sc1S(=O)(=O)Nc1cc(F)cc(F)c1F. The Morgan fingerprint density at radius 1 is 1.30 bits per heavy atom. The second-order valence-electron chi connectivity index (χ2n) is 3.69. The molecule has 1 aromatic carbocycles. The number of benzene rings is 1. The molecule has 1 aromatic heterocycles. The van der Waals surface area contributed by atoms with Crippen LogP contribution in [0.15, 0.2) is 16.3 Å². The zero-order valence-electron chi connectivity index (χ0n) is 9.75. The second kappa shape index (κ2) is 5.23.